The lowest BCUT2D eigenvalue weighted by molar-refractivity contribution is -0.441. The number of nitrogens with zero attached hydrogens (tertiary/aromatic N) is 3. The first-order valence-electron chi connectivity index (χ1n) is 22.4. The first-order valence-corrected chi connectivity index (χ1v) is 26.9. The molecule has 2 atom stereocenters. The zero-order chi connectivity index (χ0) is 51.3. The zero-order valence-corrected chi connectivity index (χ0v) is 42.0. The fourth-order valence-corrected chi connectivity index (χ4v) is 10.1. The molecule has 1 saturated heterocycles. The minimum absolute atomic E-state index is 0.00417. The van der Waals surface area contributed by atoms with Crippen molar-refractivity contribution in [1.29, 1.82) is 0 Å². The van der Waals surface area contributed by atoms with Gasteiger partial charge in [0.2, 0.25) is 5.69 Å². The van der Waals surface area contributed by atoms with Crippen molar-refractivity contribution in [3.63, 3.8) is 0 Å². The molecular formula is C45H62N3O19S3+. The maximum Gasteiger partial charge on any atom is 0.335 e. The molecule has 0 aliphatic carbocycles. The Morgan fingerprint density at radius 1 is 0.714 bits per heavy atom. The van der Waals surface area contributed by atoms with Crippen LogP contribution in [0.2, 0.25) is 0 Å². The van der Waals surface area contributed by atoms with Gasteiger partial charge in [0, 0.05) is 74.7 Å². The lowest BCUT2D eigenvalue weighted by atomic mass is 9.75. The number of ether oxygens (including phenoxy) is 6. The van der Waals surface area contributed by atoms with Crippen LogP contribution in [-0.4, -0.2) is 171 Å². The number of hydroxylamine groups is 2. The number of carbonyl (C=O) groups excluding carboxylic acids is 3. The van der Waals surface area contributed by atoms with Crippen LogP contribution in [0.4, 0.5) is 11.4 Å². The summed E-state index contributed by atoms with van der Waals surface area (Å²) in [5.74, 6) is -2.42. The van der Waals surface area contributed by atoms with E-state index in [2.05, 4.69) is 0 Å². The first-order chi connectivity index (χ1) is 33.0. The Balaban J connectivity index is 1.28. The molecule has 3 heterocycles. The van der Waals surface area contributed by atoms with E-state index >= 15 is 0 Å². The Bertz CT molecular complexity index is 2640. The topological polar surface area (TPSA) is 288 Å². The third-order valence-corrected chi connectivity index (χ3v) is 14.7. The van der Waals surface area contributed by atoms with Gasteiger partial charge in [-0.3, -0.25) is 23.2 Å². The highest BCUT2D eigenvalue weighted by molar-refractivity contribution is 7.86. The maximum atomic E-state index is 12.4. The summed E-state index contributed by atoms with van der Waals surface area (Å²) < 4.78 is 138. The lowest BCUT2D eigenvalue weighted by Gasteiger charge is -2.30. The van der Waals surface area contributed by atoms with E-state index in [9.17, 15) is 53.3 Å². The summed E-state index contributed by atoms with van der Waals surface area (Å²) in [5, 5.41) is 0.483. The smallest absolute Gasteiger partial charge is 0.335 e. The van der Waals surface area contributed by atoms with E-state index in [-0.39, 0.29) is 108 Å². The van der Waals surface area contributed by atoms with Crippen LogP contribution in [0, 0.1) is 0 Å². The summed E-state index contributed by atoms with van der Waals surface area (Å²) in [5.41, 5.74) is 1.83. The molecule has 0 saturated carbocycles. The molecule has 22 nitrogen and oxygen atoms in total. The van der Waals surface area contributed by atoms with Crippen LogP contribution in [-0.2, 0) is 88.8 Å². The van der Waals surface area contributed by atoms with Gasteiger partial charge in [-0.15, -0.1) is 5.06 Å². The SMILES string of the molecule is COCC[N+]1=C(C=CC=C2N(CCOCCOCCOCCOCCC(=O)ON3C(=O)CCC3=O)c3ccc(S(=O)(=O)O)cc3C2(C)CCOC)C(C)(CCCS(=O)(=O)O)c2cc(S(=O)(=O)O)ccc21. The summed E-state index contributed by atoms with van der Waals surface area (Å²) in [4.78, 5) is 41.2. The fourth-order valence-electron chi connectivity index (χ4n) is 8.60. The van der Waals surface area contributed by atoms with E-state index in [0.29, 0.717) is 52.8 Å². The van der Waals surface area contributed by atoms with E-state index in [1.807, 2.05) is 35.5 Å². The van der Waals surface area contributed by atoms with Crippen molar-refractivity contribution in [2.24, 2.45) is 0 Å². The van der Waals surface area contributed by atoms with E-state index in [1.165, 1.54) is 31.4 Å². The number of methoxy groups -OCH3 is 2. The molecule has 2 amide bonds. The van der Waals surface area contributed by atoms with Crippen molar-refractivity contribution >= 4 is 65.2 Å². The van der Waals surface area contributed by atoms with Crippen LogP contribution >= 0.6 is 0 Å². The van der Waals surface area contributed by atoms with Crippen molar-refractivity contribution in [3.8, 4) is 0 Å². The van der Waals surface area contributed by atoms with Crippen LogP contribution in [0.15, 0.2) is 70.1 Å². The minimum atomic E-state index is -4.63. The molecule has 3 N–H and O–H groups in total. The minimum Gasteiger partial charge on any atom is -0.385 e. The summed E-state index contributed by atoms with van der Waals surface area (Å²) in [7, 11) is -10.5. The number of allylic oxidation sites excluding steroid dienone is 4. The van der Waals surface area contributed by atoms with Gasteiger partial charge in [-0.25, -0.2) is 4.79 Å². The van der Waals surface area contributed by atoms with E-state index in [0.717, 1.165) is 5.70 Å². The highest BCUT2D eigenvalue weighted by Crippen LogP contribution is 2.51. The zero-order valence-electron chi connectivity index (χ0n) is 39.6. The Labute approximate surface area is 408 Å². The van der Waals surface area contributed by atoms with Crippen LogP contribution in [0.5, 0.6) is 0 Å². The molecule has 5 rings (SSSR count). The van der Waals surface area contributed by atoms with Gasteiger partial charge in [0.15, 0.2) is 12.3 Å². The van der Waals surface area contributed by atoms with E-state index in [1.54, 1.807) is 25.3 Å². The Morgan fingerprint density at radius 3 is 1.84 bits per heavy atom. The predicted molar refractivity (Wildman–Crippen MR) is 251 cm³/mol. The normalized spacial score (nSPS) is 20.1. The van der Waals surface area contributed by atoms with Crippen LogP contribution in [0.3, 0.4) is 0 Å². The predicted octanol–water partition coefficient (Wildman–Crippen LogP) is 3.17. The number of carbonyl (C=O) groups is 3. The van der Waals surface area contributed by atoms with Crippen molar-refractivity contribution in [3.05, 3.63) is 71.5 Å². The van der Waals surface area contributed by atoms with Crippen LogP contribution in [0.1, 0.15) is 63.5 Å². The number of amides is 2. The number of fused-ring (bicyclic) bond motifs is 2. The van der Waals surface area contributed by atoms with E-state index in [4.69, 9.17) is 33.3 Å². The molecular weight excluding hydrogens is 983 g/mol. The average Bonchev–Trinajstić information content (AvgIpc) is 3.82. The van der Waals surface area contributed by atoms with Gasteiger partial charge in [0.05, 0.1) is 80.2 Å². The Morgan fingerprint density at radius 2 is 1.27 bits per heavy atom. The highest BCUT2D eigenvalue weighted by atomic mass is 32.2. The summed E-state index contributed by atoms with van der Waals surface area (Å²) >= 11 is 0. The third kappa shape index (κ3) is 14.6. The molecule has 0 radical (unpaired) electrons. The van der Waals surface area contributed by atoms with Gasteiger partial charge < -0.3 is 38.2 Å². The second-order valence-corrected chi connectivity index (χ2v) is 21.4. The van der Waals surface area contributed by atoms with Crippen molar-refractivity contribution in [2.75, 3.05) is 104 Å². The largest absolute Gasteiger partial charge is 0.385 e. The second kappa shape index (κ2) is 24.7. The summed E-state index contributed by atoms with van der Waals surface area (Å²) in [6, 6.07) is 8.58. The van der Waals surface area contributed by atoms with Crippen molar-refractivity contribution in [2.45, 2.75) is 73.0 Å². The van der Waals surface area contributed by atoms with Gasteiger partial charge >= 0.3 is 5.97 Å². The molecule has 0 spiro atoms. The fraction of sp³-hybridized carbons (Fsp3) is 0.556. The number of anilines is 1. The molecule has 3 aliphatic heterocycles. The summed E-state index contributed by atoms with van der Waals surface area (Å²) in [6.07, 6.45) is 5.88. The monoisotopic (exact) mass is 1040 g/mol. The molecule has 2 aromatic rings. The van der Waals surface area contributed by atoms with Gasteiger partial charge in [0.25, 0.3) is 42.2 Å². The van der Waals surface area contributed by atoms with Crippen LogP contribution < -0.4 is 4.90 Å². The van der Waals surface area contributed by atoms with Gasteiger partial charge in [-0.2, -0.15) is 29.8 Å². The maximum absolute atomic E-state index is 12.4. The molecule has 2 unspecified atom stereocenters. The number of hydrogen-bond acceptors (Lipinski definition) is 17. The van der Waals surface area contributed by atoms with Gasteiger partial charge in [0.1, 0.15) is 6.61 Å². The number of imide groups is 1. The molecule has 0 bridgehead atoms. The summed E-state index contributed by atoms with van der Waals surface area (Å²) in [6.45, 7) is 6.49. The second-order valence-electron chi connectivity index (χ2n) is 16.9. The molecule has 388 valence electrons. The molecule has 0 aromatic heterocycles. The molecule has 25 heteroatoms. The Kier molecular flexibility index (Phi) is 19.9. The average molecular weight is 1050 g/mol. The van der Waals surface area contributed by atoms with Gasteiger partial charge in [-0.1, -0.05) is 6.08 Å². The lowest BCUT2D eigenvalue weighted by Crippen LogP contribution is -2.33. The third-order valence-electron chi connectivity index (χ3n) is 12.2. The first kappa shape index (κ1) is 56.4. The number of benzene rings is 2. The quantitative estimate of drug-likeness (QED) is 0.0438. The molecule has 1 fully saturated rings. The Hall–Kier alpha value is -4.51. The van der Waals surface area contributed by atoms with Crippen molar-refractivity contribution in [1.82, 2.24) is 5.06 Å². The number of hydrogen-bond donors (Lipinski definition) is 3. The van der Waals surface area contributed by atoms with E-state index < -0.39 is 64.7 Å². The molecule has 2 aromatic carbocycles. The molecule has 3 aliphatic rings. The highest BCUT2D eigenvalue weighted by Gasteiger charge is 2.48. The molecule has 70 heavy (non-hydrogen) atoms. The van der Waals surface area contributed by atoms with Crippen molar-refractivity contribution < 1.29 is 91.1 Å². The van der Waals surface area contributed by atoms with Gasteiger partial charge in [-0.05, 0) is 75.1 Å². The van der Waals surface area contributed by atoms with Crippen LogP contribution in [0.25, 0.3) is 0 Å². The standard InChI is InChI=1S/C45H61N3O19S3/c1-44(16-6-30-68(52,53)54)35-31-33(69(55,56)57)9-11-37(35)46(18-22-62-4)39(44)7-5-8-40-45(2,17-21-61-3)36-32-34(70(58,59)60)10-12-38(36)47(40)19-23-64-25-27-66-29-28-65-26-24-63-20-15-43(51)67-48-41(49)13-14-42(48)50/h5,7-12,31-32H,6,13-30H2,1-4H3,(H2-,52,53,54,55,56,57,58,59,60)/p+1. The number of rotatable bonds is 30.